The summed E-state index contributed by atoms with van der Waals surface area (Å²) in [5.41, 5.74) is 1.12. The van der Waals surface area contributed by atoms with Crippen LogP contribution in [0.2, 0.25) is 0 Å². The maximum Gasteiger partial charge on any atom is 0.0460 e. The second-order valence-electron chi connectivity index (χ2n) is 2.24. The molecule has 1 aromatic carbocycles. The molecule has 12 heavy (non-hydrogen) atoms. The summed E-state index contributed by atoms with van der Waals surface area (Å²) in [6.45, 7) is 4.49. The fourth-order valence-electron chi connectivity index (χ4n) is 0.754. The molecule has 1 aromatic rings. The Morgan fingerprint density at radius 2 is 1.92 bits per heavy atom. The quantitative estimate of drug-likeness (QED) is 0.864. The van der Waals surface area contributed by atoms with Crippen molar-refractivity contribution in [3.05, 3.63) is 41.4 Å². The van der Waals surface area contributed by atoms with Gasteiger partial charge in [0, 0.05) is 16.7 Å². The second-order valence-corrected chi connectivity index (χ2v) is 3.36. The van der Waals surface area contributed by atoms with Crippen molar-refractivity contribution in [1.29, 1.82) is 0 Å². The van der Waals surface area contributed by atoms with Crippen molar-refractivity contribution in [1.82, 2.24) is 0 Å². The summed E-state index contributed by atoms with van der Waals surface area (Å²) < 4.78 is 0.960. The monoisotopic (exact) mass is 247 g/mol. The van der Waals surface area contributed by atoms with Crippen molar-refractivity contribution in [2.45, 2.75) is 0 Å². The number of nitrogens with one attached hydrogen (secondary N) is 1. The van der Waals surface area contributed by atoms with Crippen LogP contribution in [0.4, 0.5) is 5.69 Å². The van der Waals surface area contributed by atoms with E-state index in [0.717, 1.165) is 16.7 Å². The fraction of sp³-hybridized carbons (Fsp3) is 0.111. The van der Waals surface area contributed by atoms with Crippen LogP contribution in [0.25, 0.3) is 0 Å². The minimum absolute atomic E-state index is 0. The van der Waals surface area contributed by atoms with Gasteiger partial charge in [-0.05, 0) is 12.1 Å². The molecule has 0 unspecified atom stereocenters. The number of anilines is 1. The summed E-state index contributed by atoms with van der Waals surface area (Å²) >= 11 is 3.27. The summed E-state index contributed by atoms with van der Waals surface area (Å²) in [5.74, 6) is 0. The van der Waals surface area contributed by atoms with E-state index in [4.69, 9.17) is 0 Å². The van der Waals surface area contributed by atoms with E-state index in [0.29, 0.717) is 0 Å². The van der Waals surface area contributed by atoms with Gasteiger partial charge in [0.05, 0.1) is 0 Å². The highest BCUT2D eigenvalue weighted by Gasteiger charge is 1.88. The molecule has 3 heteroatoms. The number of hydrogen-bond donors (Lipinski definition) is 1. The van der Waals surface area contributed by atoms with Crippen LogP contribution in [-0.4, -0.2) is 6.54 Å². The van der Waals surface area contributed by atoms with Crippen LogP contribution >= 0.6 is 28.3 Å². The summed E-state index contributed by atoms with van der Waals surface area (Å²) in [4.78, 5) is 0. The first-order chi connectivity index (χ1) is 5.29. The van der Waals surface area contributed by atoms with Crippen LogP contribution in [0.15, 0.2) is 41.4 Å². The van der Waals surface area contributed by atoms with Gasteiger partial charge in [0.1, 0.15) is 0 Å². The van der Waals surface area contributed by atoms with E-state index in [2.05, 4.69) is 27.8 Å². The van der Waals surface area contributed by atoms with E-state index in [1.54, 1.807) is 0 Å². The third-order valence-corrected chi connectivity index (χ3v) is 1.54. The predicted molar refractivity (Wildman–Crippen MR) is 60.2 cm³/mol. The van der Waals surface area contributed by atoms with Crippen LogP contribution in [0, 0.1) is 0 Å². The molecule has 0 amide bonds. The standard InChI is InChI=1S/C9H10BrN.ClH/c1-8(10)7-11-9-5-3-2-4-6-9;/h2-6,11H,1,7H2;1H. The maximum atomic E-state index is 3.72. The lowest BCUT2D eigenvalue weighted by molar-refractivity contribution is 1.33. The van der Waals surface area contributed by atoms with Gasteiger partial charge in [0.15, 0.2) is 0 Å². The van der Waals surface area contributed by atoms with Gasteiger partial charge in [-0.2, -0.15) is 0 Å². The van der Waals surface area contributed by atoms with Gasteiger partial charge >= 0.3 is 0 Å². The van der Waals surface area contributed by atoms with Gasteiger partial charge in [-0.25, -0.2) is 0 Å². The summed E-state index contributed by atoms with van der Waals surface area (Å²) in [6.07, 6.45) is 0. The van der Waals surface area contributed by atoms with E-state index >= 15 is 0 Å². The lowest BCUT2D eigenvalue weighted by Crippen LogP contribution is -1.99. The van der Waals surface area contributed by atoms with E-state index in [9.17, 15) is 0 Å². The third kappa shape index (κ3) is 4.42. The molecule has 0 atom stereocenters. The topological polar surface area (TPSA) is 12.0 Å². The molecule has 0 fully saturated rings. The zero-order valence-electron chi connectivity index (χ0n) is 6.59. The van der Waals surface area contributed by atoms with Gasteiger partial charge in [0.25, 0.3) is 0 Å². The minimum Gasteiger partial charge on any atom is -0.380 e. The summed E-state index contributed by atoms with van der Waals surface area (Å²) in [6, 6.07) is 10.0. The molecule has 0 heterocycles. The number of rotatable bonds is 3. The van der Waals surface area contributed by atoms with Gasteiger partial charge in [-0.3, -0.25) is 0 Å². The van der Waals surface area contributed by atoms with Crippen molar-refractivity contribution in [2.24, 2.45) is 0 Å². The van der Waals surface area contributed by atoms with Gasteiger partial charge in [-0.15, -0.1) is 12.4 Å². The highest BCUT2D eigenvalue weighted by molar-refractivity contribution is 9.11. The van der Waals surface area contributed by atoms with E-state index in [1.807, 2.05) is 30.3 Å². The van der Waals surface area contributed by atoms with Crippen molar-refractivity contribution in [3.63, 3.8) is 0 Å². The minimum atomic E-state index is 0. The molecule has 0 saturated heterocycles. The lowest BCUT2D eigenvalue weighted by atomic mass is 10.3. The van der Waals surface area contributed by atoms with E-state index in [-0.39, 0.29) is 12.4 Å². The zero-order chi connectivity index (χ0) is 8.10. The first kappa shape index (κ1) is 11.5. The highest BCUT2D eigenvalue weighted by atomic mass is 79.9. The molecule has 0 aliphatic rings. The van der Waals surface area contributed by atoms with Crippen LogP contribution in [-0.2, 0) is 0 Å². The van der Waals surface area contributed by atoms with Crippen molar-refractivity contribution < 1.29 is 0 Å². The molecule has 0 aliphatic carbocycles. The molecule has 0 saturated carbocycles. The first-order valence-corrected chi connectivity index (χ1v) is 4.20. The Morgan fingerprint density at radius 1 is 1.33 bits per heavy atom. The molecule has 0 spiro atoms. The Bertz CT molecular complexity index is 236. The van der Waals surface area contributed by atoms with E-state index in [1.165, 1.54) is 0 Å². The number of benzene rings is 1. The van der Waals surface area contributed by atoms with Crippen molar-refractivity contribution in [3.8, 4) is 0 Å². The Kier molecular flexibility index (Phi) is 5.85. The molecule has 1 rings (SSSR count). The Hall–Kier alpha value is -0.470. The smallest absolute Gasteiger partial charge is 0.0460 e. The third-order valence-electron chi connectivity index (χ3n) is 1.26. The zero-order valence-corrected chi connectivity index (χ0v) is 8.99. The molecular weight excluding hydrogens is 237 g/mol. The number of hydrogen-bond acceptors (Lipinski definition) is 1. The molecular formula is C9H11BrClN. The average molecular weight is 249 g/mol. The van der Waals surface area contributed by atoms with Gasteiger partial charge in [-0.1, -0.05) is 40.7 Å². The van der Waals surface area contributed by atoms with Crippen LogP contribution in [0.3, 0.4) is 0 Å². The Morgan fingerprint density at radius 3 is 2.42 bits per heavy atom. The fourth-order valence-corrected chi connectivity index (χ4v) is 0.894. The molecule has 1 N–H and O–H groups in total. The number of para-hydroxylation sites is 1. The summed E-state index contributed by atoms with van der Waals surface area (Å²) in [5, 5.41) is 3.20. The van der Waals surface area contributed by atoms with Crippen LogP contribution in [0.5, 0.6) is 0 Å². The van der Waals surface area contributed by atoms with Crippen LogP contribution < -0.4 is 5.32 Å². The van der Waals surface area contributed by atoms with Gasteiger partial charge < -0.3 is 5.32 Å². The predicted octanol–water partition coefficient (Wildman–Crippen LogP) is 3.43. The lowest BCUT2D eigenvalue weighted by Gasteiger charge is -2.03. The highest BCUT2D eigenvalue weighted by Crippen LogP contribution is 2.07. The normalized spacial score (nSPS) is 8.42. The molecule has 0 aromatic heterocycles. The first-order valence-electron chi connectivity index (χ1n) is 3.41. The molecule has 66 valence electrons. The Labute approximate surface area is 87.4 Å². The van der Waals surface area contributed by atoms with Crippen molar-refractivity contribution in [2.75, 3.05) is 11.9 Å². The SMILES string of the molecule is C=C(Br)CNc1ccccc1.Cl. The molecule has 1 nitrogen and oxygen atoms in total. The number of halogens is 2. The van der Waals surface area contributed by atoms with Crippen molar-refractivity contribution >= 4 is 34.0 Å². The molecule has 0 aliphatic heterocycles. The largest absolute Gasteiger partial charge is 0.380 e. The summed E-state index contributed by atoms with van der Waals surface area (Å²) in [7, 11) is 0. The van der Waals surface area contributed by atoms with Crippen LogP contribution in [0.1, 0.15) is 0 Å². The maximum absolute atomic E-state index is 3.72. The second kappa shape index (κ2) is 6.09. The Balaban J connectivity index is 0.00000121. The van der Waals surface area contributed by atoms with Gasteiger partial charge in [0.2, 0.25) is 0 Å². The molecule has 0 radical (unpaired) electrons. The van der Waals surface area contributed by atoms with E-state index < -0.39 is 0 Å². The average Bonchev–Trinajstić information content (AvgIpc) is 2.03. The molecule has 0 bridgehead atoms.